The highest BCUT2D eigenvalue weighted by Gasteiger charge is 2.44. The number of aliphatic hydroxyl groups excluding tert-OH is 1. The average molecular weight is 682 g/mol. The van der Waals surface area contributed by atoms with Crippen LogP contribution in [0.2, 0.25) is 0 Å². The zero-order valence-electron chi connectivity index (χ0n) is 26.9. The van der Waals surface area contributed by atoms with E-state index >= 15 is 0 Å². The van der Waals surface area contributed by atoms with Crippen molar-refractivity contribution in [1.29, 1.82) is 0 Å². The highest BCUT2D eigenvalue weighted by atomic mass is 32.2. The second kappa shape index (κ2) is 14.5. The van der Waals surface area contributed by atoms with Crippen molar-refractivity contribution >= 4 is 16.1 Å². The van der Waals surface area contributed by atoms with Crippen molar-refractivity contribution in [1.82, 2.24) is 24.9 Å². The first-order valence-electron chi connectivity index (χ1n) is 15.9. The van der Waals surface area contributed by atoms with Crippen molar-refractivity contribution in [2.75, 3.05) is 26.3 Å². The van der Waals surface area contributed by atoms with Crippen LogP contribution in [0.3, 0.4) is 0 Å². The maximum Gasteiger partial charge on any atom is 0.407 e. The zero-order valence-corrected chi connectivity index (χ0v) is 27.7. The van der Waals surface area contributed by atoms with Gasteiger partial charge in [-0.3, -0.25) is 0 Å². The van der Waals surface area contributed by atoms with Gasteiger partial charge in [0.05, 0.1) is 36.2 Å². The lowest BCUT2D eigenvalue weighted by atomic mass is 10.0. The average Bonchev–Trinajstić information content (AvgIpc) is 3.88. The van der Waals surface area contributed by atoms with Crippen molar-refractivity contribution in [3.8, 4) is 23.0 Å². The Balaban J connectivity index is 1.18. The first kappa shape index (κ1) is 33.7. The molecule has 2 aliphatic heterocycles. The van der Waals surface area contributed by atoms with E-state index in [9.17, 15) is 18.3 Å². The minimum atomic E-state index is -4.08. The number of rotatable bonds is 13. The zero-order chi connectivity index (χ0) is 33.8. The van der Waals surface area contributed by atoms with Gasteiger partial charge in [0, 0.05) is 24.7 Å². The molecule has 0 saturated carbocycles. The molecule has 3 unspecified atom stereocenters. The Morgan fingerprint density at radius 3 is 2.54 bits per heavy atom. The first-order chi connectivity index (χ1) is 23.1. The lowest BCUT2D eigenvalue weighted by Gasteiger charge is -2.31. The molecule has 0 bridgehead atoms. The van der Waals surface area contributed by atoms with Crippen molar-refractivity contribution in [3.63, 3.8) is 0 Å². The number of carbonyl (C=O) groups excluding carboxylic acids is 1. The number of alkyl carbamates (subject to hydrolysis) is 1. The lowest BCUT2D eigenvalue weighted by molar-refractivity contribution is -0.0907. The maximum absolute atomic E-state index is 14.0. The SMILES string of the molecule is Cc1cc(-c2nc(-c3ccc(S(=O)(=O)N(CC(C)C)C[C@@H](O)[C@H](Cc4ccccc4)NC(=O)OC4COC5OCCC45)cc3)no2)no1. The molecule has 0 aliphatic carbocycles. The third-order valence-corrected chi connectivity index (χ3v) is 10.1. The summed E-state index contributed by atoms with van der Waals surface area (Å²) in [4.78, 5) is 17.5. The molecule has 2 fully saturated rings. The number of sulfonamides is 1. The first-order valence-corrected chi connectivity index (χ1v) is 17.3. The summed E-state index contributed by atoms with van der Waals surface area (Å²) in [7, 11) is -4.08. The molecule has 5 atom stereocenters. The number of benzene rings is 2. The molecule has 14 nitrogen and oxygen atoms in total. The normalized spacial score (nSPS) is 20.6. The van der Waals surface area contributed by atoms with Crippen molar-refractivity contribution in [2.24, 2.45) is 11.8 Å². The van der Waals surface area contributed by atoms with Gasteiger partial charge < -0.3 is 33.7 Å². The summed E-state index contributed by atoms with van der Waals surface area (Å²) in [5.74, 6) is 0.913. The fraction of sp³-hybridized carbons (Fsp3) is 0.455. The summed E-state index contributed by atoms with van der Waals surface area (Å²) in [5, 5.41) is 22.2. The highest BCUT2D eigenvalue weighted by Crippen LogP contribution is 2.33. The molecule has 2 saturated heterocycles. The number of carbonyl (C=O) groups is 1. The standard InChI is InChI=1S/C33H39N5O9S/c1-20(2)17-38(48(41,42)24-11-9-23(10-12-24)30-35-31(47-37-30)27-15-21(3)46-36-27)18-28(39)26(16-22-7-5-4-6-8-22)34-33(40)45-29-19-44-32-25(29)13-14-43-32/h4-12,15,20,25-26,28-29,32,39H,13-14,16-19H2,1-3H3,(H,34,40)/t25?,26-,28+,29?,32?/m0/s1. The minimum absolute atomic E-state index is 0.0245. The van der Waals surface area contributed by atoms with E-state index in [1.54, 1.807) is 25.1 Å². The largest absolute Gasteiger partial charge is 0.443 e. The number of amides is 1. The van der Waals surface area contributed by atoms with Crippen LogP contribution in [-0.4, -0.2) is 90.1 Å². The van der Waals surface area contributed by atoms with Gasteiger partial charge in [-0.2, -0.15) is 9.29 Å². The van der Waals surface area contributed by atoms with Gasteiger partial charge in [-0.1, -0.05) is 54.5 Å². The van der Waals surface area contributed by atoms with Gasteiger partial charge in [-0.05, 0) is 55.5 Å². The number of aromatic nitrogens is 3. The minimum Gasteiger partial charge on any atom is -0.443 e. The molecule has 1 amide bonds. The molecule has 4 aromatic rings. The number of aryl methyl sites for hydroxylation is 1. The monoisotopic (exact) mass is 681 g/mol. The summed E-state index contributed by atoms with van der Waals surface area (Å²) in [6, 6.07) is 16.2. The highest BCUT2D eigenvalue weighted by molar-refractivity contribution is 7.89. The van der Waals surface area contributed by atoms with E-state index in [0.717, 1.165) is 12.0 Å². The van der Waals surface area contributed by atoms with E-state index in [-0.39, 0.29) is 60.9 Å². The quantitative estimate of drug-likeness (QED) is 0.209. The van der Waals surface area contributed by atoms with E-state index in [2.05, 4.69) is 20.6 Å². The third kappa shape index (κ3) is 7.76. The number of hydrogen-bond acceptors (Lipinski definition) is 12. The lowest BCUT2D eigenvalue weighted by Crippen LogP contribution is -2.51. The van der Waals surface area contributed by atoms with Gasteiger partial charge >= 0.3 is 6.09 Å². The summed E-state index contributed by atoms with van der Waals surface area (Å²) < 4.78 is 56.4. The Kier molecular flexibility index (Phi) is 10.2. The Hall–Kier alpha value is -4.15. The van der Waals surface area contributed by atoms with Crippen LogP contribution in [0.25, 0.3) is 23.0 Å². The molecule has 48 heavy (non-hydrogen) atoms. The van der Waals surface area contributed by atoms with E-state index < -0.39 is 34.4 Å². The molecular weight excluding hydrogens is 642 g/mol. The number of nitrogens with one attached hydrogen (secondary N) is 1. The fourth-order valence-electron chi connectivity index (χ4n) is 5.87. The van der Waals surface area contributed by atoms with Crippen LogP contribution in [-0.2, 0) is 30.7 Å². The number of nitrogens with zero attached hydrogens (tertiary/aromatic N) is 4. The smallest absolute Gasteiger partial charge is 0.407 e. The van der Waals surface area contributed by atoms with Crippen LogP contribution < -0.4 is 5.32 Å². The van der Waals surface area contributed by atoms with Crippen molar-refractivity contribution in [3.05, 3.63) is 72.0 Å². The van der Waals surface area contributed by atoms with Gasteiger partial charge in [0.2, 0.25) is 15.8 Å². The molecule has 256 valence electrons. The topological polar surface area (TPSA) is 179 Å². The van der Waals surface area contributed by atoms with E-state index in [1.165, 1.54) is 16.4 Å². The fourth-order valence-corrected chi connectivity index (χ4v) is 7.49. The Labute approximate surface area is 278 Å². The van der Waals surface area contributed by atoms with E-state index in [4.69, 9.17) is 23.3 Å². The van der Waals surface area contributed by atoms with Crippen LogP contribution in [0.5, 0.6) is 0 Å². The van der Waals surface area contributed by atoms with E-state index in [1.807, 2.05) is 44.2 Å². The van der Waals surface area contributed by atoms with Crippen molar-refractivity contribution < 1.29 is 41.6 Å². The molecular formula is C33H39N5O9S. The number of ether oxygens (including phenoxy) is 3. The van der Waals surface area contributed by atoms with Gasteiger partial charge in [0.25, 0.3) is 5.89 Å². The molecule has 2 aromatic carbocycles. The molecule has 6 rings (SSSR count). The predicted molar refractivity (Wildman–Crippen MR) is 171 cm³/mol. The summed E-state index contributed by atoms with van der Waals surface area (Å²) in [6.07, 6.45) is -1.87. The Morgan fingerprint density at radius 2 is 1.83 bits per heavy atom. The summed E-state index contributed by atoms with van der Waals surface area (Å²) in [5.41, 5.74) is 1.78. The van der Waals surface area contributed by atoms with Crippen molar-refractivity contribution in [2.45, 2.75) is 63.0 Å². The molecule has 2 N–H and O–H groups in total. The number of hydrogen-bond donors (Lipinski definition) is 2. The van der Waals surface area contributed by atoms with Crippen LogP contribution in [0, 0.1) is 18.8 Å². The van der Waals surface area contributed by atoms with E-state index in [0.29, 0.717) is 23.6 Å². The summed E-state index contributed by atoms with van der Waals surface area (Å²) >= 11 is 0. The number of fused-ring (bicyclic) bond motifs is 1. The maximum atomic E-state index is 14.0. The second-order valence-electron chi connectivity index (χ2n) is 12.5. The molecule has 2 aliphatic rings. The Morgan fingerprint density at radius 1 is 1.06 bits per heavy atom. The van der Waals surface area contributed by atoms with Crippen LogP contribution >= 0.6 is 0 Å². The molecule has 0 radical (unpaired) electrons. The molecule has 15 heteroatoms. The third-order valence-electron chi connectivity index (χ3n) is 8.29. The predicted octanol–water partition coefficient (Wildman–Crippen LogP) is 3.81. The molecule has 0 spiro atoms. The summed E-state index contributed by atoms with van der Waals surface area (Å²) in [6.45, 7) is 6.16. The number of aliphatic hydroxyl groups is 1. The van der Waals surface area contributed by atoms with Gasteiger partial charge in [0.15, 0.2) is 12.0 Å². The van der Waals surface area contributed by atoms with Gasteiger partial charge in [-0.15, -0.1) is 0 Å². The molecule has 4 heterocycles. The molecule has 2 aromatic heterocycles. The van der Waals surface area contributed by atoms with Crippen LogP contribution in [0.15, 0.2) is 74.6 Å². The van der Waals surface area contributed by atoms with Crippen LogP contribution in [0.4, 0.5) is 4.79 Å². The van der Waals surface area contributed by atoms with Gasteiger partial charge in [-0.25, -0.2) is 13.2 Å². The second-order valence-corrected chi connectivity index (χ2v) is 14.4. The van der Waals surface area contributed by atoms with Crippen LogP contribution in [0.1, 0.15) is 31.6 Å². The van der Waals surface area contributed by atoms with Gasteiger partial charge in [0.1, 0.15) is 11.9 Å². The Bertz CT molecular complexity index is 1780.